The molecule has 0 radical (unpaired) electrons. The van der Waals surface area contributed by atoms with Gasteiger partial charge in [-0.25, -0.2) is 4.79 Å². The van der Waals surface area contributed by atoms with Crippen molar-refractivity contribution >= 4 is 16.9 Å². The summed E-state index contributed by atoms with van der Waals surface area (Å²) in [4.78, 5) is 25.9. The van der Waals surface area contributed by atoms with Crippen LogP contribution in [0.5, 0.6) is 0 Å². The lowest BCUT2D eigenvalue weighted by molar-refractivity contribution is 0.0696. The fraction of sp³-hybridized carbons (Fsp3) is 0.0667. The molecule has 0 aliphatic carbocycles. The zero-order valence-electron chi connectivity index (χ0n) is 10.5. The summed E-state index contributed by atoms with van der Waals surface area (Å²) in [7, 11) is 0. The van der Waals surface area contributed by atoms with Gasteiger partial charge < -0.3 is 14.7 Å². The third kappa shape index (κ3) is 2.09. The number of fused-ring (bicyclic) bond motifs is 1. The third-order valence-electron chi connectivity index (χ3n) is 3.25. The number of carbonyl (C=O) groups is 1. The monoisotopic (exact) mass is 268 g/mol. The molecule has 0 amide bonds. The largest absolute Gasteiger partial charge is 0.478 e. The maximum absolute atomic E-state index is 11.8. The number of hydrogen-bond acceptors (Lipinski definition) is 2. The van der Waals surface area contributed by atoms with Crippen LogP contribution in [0.4, 0.5) is 0 Å². The van der Waals surface area contributed by atoms with Gasteiger partial charge in [-0.2, -0.15) is 0 Å². The minimum Gasteiger partial charge on any atom is -0.478 e. The number of para-hydroxylation sites is 1. The highest BCUT2D eigenvalue weighted by Gasteiger charge is 2.08. The average molecular weight is 268 g/mol. The lowest BCUT2D eigenvalue weighted by atomic mass is 10.1. The highest BCUT2D eigenvalue weighted by atomic mass is 16.4. The van der Waals surface area contributed by atoms with Crippen LogP contribution in [0.2, 0.25) is 0 Å². The van der Waals surface area contributed by atoms with E-state index in [0.717, 1.165) is 16.5 Å². The lowest BCUT2D eigenvalue weighted by Gasteiger charge is -2.05. The molecule has 3 rings (SSSR count). The van der Waals surface area contributed by atoms with Crippen molar-refractivity contribution in [2.24, 2.45) is 0 Å². The van der Waals surface area contributed by atoms with Gasteiger partial charge in [0.15, 0.2) is 0 Å². The second-order valence-electron chi connectivity index (χ2n) is 4.55. The molecule has 0 unspecified atom stereocenters. The van der Waals surface area contributed by atoms with Crippen molar-refractivity contribution in [3.8, 4) is 0 Å². The normalized spacial score (nSPS) is 10.8. The number of hydrogen-bond donors (Lipinski definition) is 2. The molecule has 0 saturated heterocycles. The van der Waals surface area contributed by atoms with Gasteiger partial charge in [-0.15, -0.1) is 0 Å². The molecule has 5 heteroatoms. The number of carboxylic acids is 1. The van der Waals surface area contributed by atoms with Crippen LogP contribution in [0.1, 0.15) is 15.9 Å². The van der Waals surface area contributed by atoms with Crippen LogP contribution in [-0.2, 0) is 6.54 Å². The Hall–Kier alpha value is -2.82. The molecule has 20 heavy (non-hydrogen) atoms. The SMILES string of the molecule is O=C(O)c1ccc(=O)n(Cc2c[nH]c3ccccc23)c1. The van der Waals surface area contributed by atoms with Crippen LogP contribution >= 0.6 is 0 Å². The van der Waals surface area contributed by atoms with Crippen molar-refractivity contribution in [2.75, 3.05) is 0 Å². The van der Waals surface area contributed by atoms with Crippen molar-refractivity contribution in [1.82, 2.24) is 9.55 Å². The Kier molecular flexibility index (Phi) is 2.87. The summed E-state index contributed by atoms with van der Waals surface area (Å²) in [5.74, 6) is -1.04. The Bertz CT molecular complexity index is 845. The quantitative estimate of drug-likeness (QED) is 0.763. The van der Waals surface area contributed by atoms with Crippen molar-refractivity contribution in [3.63, 3.8) is 0 Å². The molecule has 0 spiro atoms. The predicted molar refractivity (Wildman–Crippen MR) is 75.1 cm³/mol. The standard InChI is InChI=1S/C15H12N2O3/c18-14-6-5-10(15(19)20)8-17(14)9-11-7-16-13-4-2-1-3-12(11)13/h1-8,16H,9H2,(H,19,20). The molecule has 2 aromatic heterocycles. The van der Waals surface area contributed by atoms with E-state index in [1.54, 1.807) is 0 Å². The van der Waals surface area contributed by atoms with Crippen LogP contribution in [0.25, 0.3) is 10.9 Å². The molecule has 2 N–H and O–H groups in total. The summed E-state index contributed by atoms with van der Waals surface area (Å²) < 4.78 is 1.40. The topological polar surface area (TPSA) is 75.1 Å². The van der Waals surface area contributed by atoms with Crippen molar-refractivity contribution in [3.05, 3.63) is 70.3 Å². The molecular formula is C15H12N2O3. The molecule has 3 aromatic rings. The highest BCUT2D eigenvalue weighted by Crippen LogP contribution is 2.18. The van der Waals surface area contributed by atoms with Crippen molar-refractivity contribution in [2.45, 2.75) is 6.54 Å². The number of benzene rings is 1. The molecule has 0 atom stereocenters. The number of aromatic nitrogens is 2. The maximum Gasteiger partial charge on any atom is 0.337 e. The van der Waals surface area contributed by atoms with Gasteiger partial charge in [-0.05, 0) is 17.7 Å². The van der Waals surface area contributed by atoms with E-state index in [4.69, 9.17) is 5.11 Å². The van der Waals surface area contributed by atoms with E-state index in [1.807, 2.05) is 30.5 Å². The molecule has 0 aliphatic heterocycles. The van der Waals surface area contributed by atoms with E-state index < -0.39 is 5.97 Å². The Morgan fingerprint density at radius 2 is 2.00 bits per heavy atom. The molecule has 1 aromatic carbocycles. The zero-order chi connectivity index (χ0) is 14.1. The predicted octanol–water partition coefficient (Wildman–Crippen LogP) is 2.08. The summed E-state index contributed by atoms with van der Waals surface area (Å²) in [6.07, 6.45) is 3.21. The van der Waals surface area contributed by atoms with E-state index >= 15 is 0 Å². The second-order valence-corrected chi connectivity index (χ2v) is 4.55. The minimum atomic E-state index is -1.04. The first kappa shape index (κ1) is 12.2. The van der Waals surface area contributed by atoms with Crippen LogP contribution in [0, 0.1) is 0 Å². The number of aromatic amines is 1. The van der Waals surface area contributed by atoms with Crippen LogP contribution in [0.15, 0.2) is 53.6 Å². The Balaban J connectivity index is 2.05. The van der Waals surface area contributed by atoms with Crippen molar-refractivity contribution < 1.29 is 9.90 Å². The van der Waals surface area contributed by atoms with E-state index in [1.165, 1.54) is 22.9 Å². The first-order valence-electron chi connectivity index (χ1n) is 6.14. The first-order chi connectivity index (χ1) is 9.65. The van der Waals surface area contributed by atoms with E-state index in [9.17, 15) is 9.59 Å². The van der Waals surface area contributed by atoms with E-state index in [0.29, 0.717) is 6.54 Å². The van der Waals surface area contributed by atoms with E-state index in [-0.39, 0.29) is 11.1 Å². The van der Waals surface area contributed by atoms with Gasteiger partial charge in [0, 0.05) is 29.4 Å². The van der Waals surface area contributed by atoms with E-state index in [2.05, 4.69) is 4.98 Å². The minimum absolute atomic E-state index is 0.101. The molecular weight excluding hydrogens is 256 g/mol. The zero-order valence-corrected chi connectivity index (χ0v) is 10.5. The molecule has 2 heterocycles. The molecule has 100 valence electrons. The number of nitrogens with one attached hydrogen (secondary N) is 1. The molecule has 5 nitrogen and oxygen atoms in total. The van der Waals surface area contributed by atoms with Gasteiger partial charge in [0.2, 0.25) is 0 Å². The maximum atomic E-state index is 11.8. The summed E-state index contributed by atoms with van der Waals surface area (Å²) in [6, 6.07) is 10.4. The second kappa shape index (κ2) is 4.70. The first-order valence-corrected chi connectivity index (χ1v) is 6.14. The number of aromatic carboxylic acids is 1. The summed E-state index contributed by atoms with van der Waals surface area (Å²) >= 11 is 0. The number of pyridine rings is 1. The van der Waals surface area contributed by atoms with Crippen LogP contribution in [-0.4, -0.2) is 20.6 Å². The third-order valence-corrected chi connectivity index (χ3v) is 3.25. The Morgan fingerprint density at radius 1 is 1.20 bits per heavy atom. The molecule has 0 saturated carbocycles. The number of carboxylic acid groups (broad SMARTS) is 1. The lowest BCUT2D eigenvalue weighted by Crippen LogP contribution is -2.20. The van der Waals surface area contributed by atoms with Crippen LogP contribution in [0.3, 0.4) is 0 Å². The van der Waals surface area contributed by atoms with Gasteiger partial charge >= 0.3 is 5.97 Å². The summed E-state index contributed by atoms with van der Waals surface area (Å²) in [5.41, 5.74) is 1.82. The summed E-state index contributed by atoms with van der Waals surface area (Å²) in [6.45, 7) is 0.337. The van der Waals surface area contributed by atoms with Gasteiger partial charge in [-0.1, -0.05) is 18.2 Å². The van der Waals surface area contributed by atoms with Gasteiger partial charge in [0.25, 0.3) is 5.56 Å². The smallest absolute Gasteiger partial charge is 0.337 e. The molecule has 0 bridgehead atoms. The fourth-order valence-corrected chi connectivity index (χ4v) is 2.23. The Morgan fingerprint density at radius 3 is 2.80 bits per heavy atom. The highest BCUT2D eigenvalue weighted by molar-refractivity contribution is 5.87. The molecule has 0 aliphatic rings. The van der Waals surface area contributed by atoms with Gasteiger partial charge in [0.1, 0.15) is 0 Å². The van der Waals surface area contributed by atoms with Crippen molar-refractivity contribution in [1.29, 1.82) is 0 Å². The fourth-order valence-electron chi connectivity index (χ4n) is 2.23. The molecule has 0 fully saturated rings. The number of nitrogens with zero attached hydrogens (tertiary/aromatic N) is 1. The van der Waals surface area contributed by atoms with Crippen LogP contribution < -0.4 is 5.56 Å². The number of rotatable bonds is 3. The number of H-pyrrole nitrogens is 1. The average Bonchev–Trinajstić information content (AvgIpc) is 2.84. The Labute approximate surface area is 114 Å². The van der Waals surface area contributed by atoms with Gasteiger partial charge in [0.05, 0.1) is 12.1 Å². The van der Waals surface area contributed by atoms with Gasteiger partial charge in [-0.3, -0.25) is 4.79 Å². The summed E-state index contributed by atoms with van der Waals surface area (Å²) in [5, 5.41) is 10.0.